The minimum atomic E-state index is -0.506. The molecule has 0 aliphatic carbocycles. The molecule has 0 aromatic carbocycles. The zero-order valence-corrected chi connectivity index (χ0v) is 11.9. The lowest BCUT2D eigenvalue weighted by Crippen LogP contribution is -2.42. The van der Waals surface area contributed by atoms with E-state index in [-0.39, 0.29) is 24.3 Å². The number of ketones is 1. The van der Waals surface area contributed by atoms with Crippen molar-refractivity contribution in [3.63, 3.8) is 0 Å². The first kappa shape index (κ1) is 14.9. The number of carbonyl (C=O) groups excluding carboxylic acids is 3. The normalized spacial score (nSPS) is 9.90. The van der Waals surface area contributed by atoms with Crippen LogP contribution in [0, 0.1) is 0 Å². The van der Waals surface area contributed by atoms with Crippen molar-refractivity contribution in [1.29, 1.82) is 0 Å². The summed E-state index contributed by atoms with van der Waals surface area (Å²) in [5.41, 5.74) is 4.70. The van der Waals surface area contributed by atoms with Gasteiger partial charge in [-0.1, -0.05) is 12.1 Å². The molecule has 0 saturated heterocycles. The molecule has 0 atom stereocenters. The minimum Gasteiger partial charge on any atom is -0.293 e. The van der Waals surface area contributed by atoms with Crippen molar-refractivity contribution in [3.8, 4) is 0 Å². The lowest BCUT2D eigenvalue weighted by molar-refractivity contribution is -0.121. The number of rotatable bonds is 5. The van der Waals surface area contributed by atoms with Gasteiger partial charge in [-0.25, -0.2) is 0 Å². The molecule has 7 heteroatoms. The van der Waals surface area contributed by atoms with Crippen LogP contribution in [-0.4, -0.2) is 22.6 Å². The fraction of sp³-hybridized carbons (Fsp3) is 0.143. The van der Waals surface area contributed by atoms with Crippen LogP contribution in [0.15, 0.2) is 41.9 Å². The van der Waals surface area contributed by atoms with Crippen LogP contribution in [0.2, 0.25) is 0 Å². The van der Waals surface area contributed by atoms with E-state index in [4.69, 9.17) is 0 Å². The summed E-state index contributed by atoms with van der Waals surface area (Å²) >= 11 is 1.34. The van der Waals surface area contributed by atoms with Gasteiger partial charge in [-0.2, -0.15) is 0 Å². The number of aromatic nitrogens is 1. The predicted octanol–water partition coefficient (Wildman–Crippen LogP) is 1.57. The van der Waals surface area contributed by atoms with Gasteiger partial charge in [0.2, 0.25) is 5.91 Å². The van der Waals surface area contributed by atoms with E-state index in [1.807, 2.05) is 0 Å². The molecule has 6 nitrogen and oxygen atoms in total. The smallest absolute Gasteiger partial charge is 0.288 e. The number of nitrogens with one attached hydrogen (secondary N) is 2. The van der Waals surface area contributed by atoms with Crippen molar-refractivity contribution in [3.05, 3.63) is 52.5 Å². The highest BCUT2D eigenvalue weighted by Crippen LogP contribution is 2.12. The molecular weight excluding hydrogens is 290 g/mol. The van der Waals surface area contributed by atoms with E-state index >= 15 is 0 Å². The molecule has 0 bridgehead atoms. The molecule has 0 spiro atoms. The number of carbonyl (C=O) groups is 3. The maximum Gasteiger partial charge on any atom is 0.288 e. The minimum absolute atomic E-state index is 0.0131. The van der Waals surface area contributed by atoms with Crippen molar-refractivity contribution in [1.82, 2.24) is 15.8 Å². The maximum absolute atomic E-state index is 11.7. The number of pyridine rings is 1. The SMILES string of the molecule is O=C(CCC(=O)c1cccs1)NNC(=O)c1ccccn1. The van der Waals surface area contributed by atoms with Crippen molar-refractivity contribution in [2.24, 2.45) is 0 Å². The van der Waals surface area contributed by atoms with E-state index in [0.29, 0.717) is 4.88 Å². The van der Waals surface area contributed by atoms with Gasteiger partial charge < -0.3 is 0 Å². The summed E-state index contributed by atoms with van der Waals surface area (Å²) in [6, 6.07) is 8.38. The van der Waals surface area contributed by atoms with E-state index in [9.17, 15) is 14.4 Å². The monoisotopic (exact) mass is 303 g/mol. The van der Waals surface area contributed by atoms with Gasteiger partial charge in [0.05, 0.1) is 4.88 Å². The van der Waals surface area contributed by atoms with Gasteiger partial charge in [-0.05, 0) is 23.6 Å². The van der Waals surface area contributed by atoms with Crippen LogP contribution in [0.25, 0.3) is 0 Å². The average Bonchev–Trinajstić information content (AvgIpc) is 3.05. The zero-order chi connectivity index (χ0) is 15.1. The summed E-state index contributed by atoms with van der Waals surface area (Å²) in [7, 11) is 0. The average molecular weight is 303 g/mol. The van der Waals surface area contributed by atoms with Crippen molar-refractivity contribution in [2.45, 2.75) is 12.8 Å². The van der Waals surface area contributed by atoms with Crippen LogP contribution < -0.4 is 10.9 Å². The van der Waals surface area contributed by atoms with Gasteiger partial charge in [-0.15, -0.1) is 11.3 Å². The highest BCUT2D eigenvalue weighted by molar-refractivity contribution is 7.12. The Hall–Kier alpha value is -2.54. The Balaban J connectivity index is 1.73. The summed E-state index contributed by atoms with van der Waals surface area (Å²) in [5.74, 6) is -1.02. The Kier molecular flexibility index (Phi) is 5.16. The first-order chi connectivity index (χ1) is 10.2. The Labute approximate surface area is 125 Å². The first-order valence-electron chi connectivity index (χ1n) is 6.24. The molecule has 0 aliphatic heterocycles. The number of nitrogens with zero attached hydrogens (tertiary/aromatic N) is 1. The molecule has 2 aromatic heterocycles. The topological polar surface area (TPSA) is 88.2 Å². The second kappa shape index (κ2) is 7.30. The molecule has 108 valence electrons. The lowest BCUT2D eigenvalue weighted by atomic mass is 10.2. The molecule has 2 aromatic rings. The van der Waals surface area contributed by atoms with Crippen LogP contribution in [0.4, 0.5) is 0 Å². The molecule has 2 heterocycles. The quantitative estimate of drug-likeness (QED) is 0.648. The Bertz CT molecular complexity index is 626. The Morgan fingerprint density at radius 2 is 1.90 bits per heavy atom. The Morgan fingerprint density at radius 3 is 2.57 bits per heavy atom. The Morgan fingerprint density at radius 1 is 1.05 bits per heavy atom. The van der Waals surface area contributed by atoms with Crippen LogP contribution >= 0.6 is 11.3 Å². The van der Waals surface area contributed by atoms with Crippen LogP contribution in [-0.2, 0) is 4.79 Å². The molecule has 0 saturated carbocycles. The first-order valence-corrected chi connectivity index (χ1v) is 7.11. The van der Waals surface area contributed by atoms with Gasteiger partial charge >= 0.3 is 0 Å². The van der Waals surface area contributed by atoms with Crippen LogP contribution in [0.1, 0.15) is 33.0 Å². The number of Topliss-reactive ketones (excluding diaryl/α,β-unsaturated/α-hetero) is 1. The molecule has 0 fully saturated rings. The van der Waals surface area contributed by atoms with Gasteiger partial charge in [0.1, 0.15) is 5.69 Å². The summed E-state index contributed by atoms with van der Waals surface area (Å²) in [5, 5.41) is 1.81. The standard InChI is InChI=1S/C14H13N3O3S/c18-11(12-5-3-9-21-12)6-7-13(19)16-17-14(20)10-4-1-2-8-15-10/h1-5,8-9H,6-7H2,(H,16,19)(H,17,20). The third-order valence-electron chi connectivity index (χ3n) is 2.59. The van der Waals surface area contributed by atoms with Crippen molar-refractivity contribution < 1.29 is 14.4 Å². The summed E-state index contributed by atoms with van der Waals surface area (Å²) in [6.07, 6.45) is 1.60. The number of hydrogen-bond acceptors (Lipinski definition) is 5. The molecule has 2 amide bonds. The highest BCUT2D eigenvalue weighted by atomic mass is 32.1. The third kappa shape index (κ3) is 4.50. The fourth-order valence-corrected chi connectivity index (χ4v) is 2.23. The molecule has 0 radical (unpaired) electrons. The van der Waals surface area contributed by atoms with Gasteiger partial charge in [0.15, 0.2) is 5.78 Å². The molecular formula is C14H13N3O3S. The second-order valence-electron chi connectivity index (χ2n) is 4.12. The third-order valence-corrected chi connectivity index (χ3v) is 3.50. The van der Waals surface area contributed by atoms with Gasteiger partial charge in [0, 0.05) is 19.0 Å². The van der Waals surface area contributed by atoms with Crippen LogP contribution in [0.5, 0.6) is 0 Å². The summed E-state index contributed by atoms with van der Waals surface area (Å²) < 4.78 is 0. The maximum atomic E-state index is 11.7. The molecule has 2 rings (SSSR count). The van der Waals surface area contributed by atoms with E-state index < -0.39 is 11.8 Å². The molecule has 2 N–H and O–H groups in total. The largest absolute Gasteiger partial charge is 0.293 e. The van der Waals surface area contributed by atoms with E-state index in [1.54, 1.807) is 29.6 Å². The molecule has 0 unspecified atom stereocenters. The second-order valence-corrected chi connectivity index (χ2v) is 5.07. The van der Waals surface area contributed by atoms with E-state index in [0.717, 1.165) is 0 Å². The summed E-state index contributed by atoms with van der Waals surface area (Å²) in [4.78, 5) is 39.4. The van der Waals surface area contributed by atoms with Crippen LogP contribution in [0.3, 0.4) is 0 Å². The van der Waals surface area contributed by atoms with Crippen molar-refractivity contribution in [2.75, 3.05) is 0 Å². The predicted molar refractivity (Wildman–Crippen MR) is 77.7 cm³/mol. The number of amides is 2. The lowest BCUT2D eigenvalue weighted by Gasteiger charge is -2.06. The number of thiophene rings is 1. The molecule has 0 aliphatic rings. The highest BCUT2D eigenvalue weighted by Gasteiger charge is 2.11. The van der Waals surface area contributed by atoms with Crippen molar-refractivity contribution >= 4 is 28.9 Å². The van der Waals surface area contributed by atoms with E-state index in [2.05, 4.69) is 15.8 Å². The number of hydrogen-bond donors (Lipinski definition) is 2. The fourth-order valence-electron chi connectivity index (χ4n) is 1.54. The number of hydrazine groups is 1. The molecule has 21 heavy (non-hydrogen) atoms. The van der Waals surface area contributed by atoms with E-state index in [1.165, 1.54) is 23.6 Å². The zero-order valence-electron chi connectivity index (χ0n) is 11.0. The van der Waals surface area contributed by atoms with Gasteiger partial charge in [0.25, 0.3) is 5.91 Å². The van der Waals surface area contributed by atoms with Gasteiger partial charge in [-0.3, -0.25) is 30.2 Å². The summed E-state index contributed by atoms with van der Waals surface area (Å²) in [6.45, 7) is 0.